The van der Waals surface area contributed by atoms with Gasteiger partial charge in [-0.25, -0.2) is 4.98 Å². The summed E-state index contributed by atoms with van der Waals surface area (Å²) in [4.78, 5) is 4.13. The summed E-state index contributed by atoms with van der Waals surface area (Å²) >= 11 is 0. The Morgan fingerprint density at radius 1 is 1.62 bits per heavy atom. The van der Waals surface area contributed by atoms with Gasteiger partial charge in [0.15, 0.2) is 11.6 Å². The Morgan fingerprint density at radius 3 is 3.00 bits per heavy atom. The number of rotatable bonds is 4. The van der Waals surface area contributed by atoms with Gasteiger partial charge in [0.05, 0.1) is 19.0 Å². The number of nitrogen functional groups attached to an aromatic ring is 1. The highest BCUT2D eigenvalue weighted by Gasteiger charge is 2.02. The zero-order valence-electron chi connectivity index (χ0n) is 8.00. The van der Waals surface area contributed by atoms with E-state index in [2.05, 4.69) is 17.2 Å². The lowest BCUT2D eigenvalue weighted by atomic mass is 10.3. The third kappa shape index (κ3) is 2.50. The third-order valence-electron chi connectivity index (χ3n) is 1.64. The van der Waals surface area contributed by atoms with Gasteiger partial charge in [-0.1, -0.05) is 6.92 Å². The molecule has 1 aromatic heterocycles. The average molecular weight is 181 g/mol. The van der Waals surface area contributed by atoms with Crippen LogP contribution in [0.15, 0.2) is 12.3 Å². The third-order valence-corrected chi connectivity index (χ3v) is 1.64. The van der Waals surface area contributed by atoms with Crippen molar-refractivity contribution < 1.29 is 4.74 Å². The Labute approximate surface area is 78.1 Å². The van der Waals surface area contributed by atoms with Crippen molar-refractivity contribution in [1.82, 2.24) is 4.98 Å². The van der Waals surface area contributed by atoms with E-state index in [9.17, 15) is 0 Å². The molecule has 0 radical (unpaired) electrons. The van der Waals surface area contributed by atoms with Gasteiger partial charge in [0.2, 0.25) is 0 Å². The molecule has 0 aliphatic carbocycles. The van der Waals surface area contributed by atoms with E-state index in [-0.39, 0.29) is 0 Å². The fraction of sp³-hybridized carbons (Fsp3) is 0.444. The largest absolute Gasteiger partial charge is 0.493 e. The number of pyridine rings is 1. The molecule has 0 spiro atoms. The Balaban J connectivity index is 2.79. The molecule has 1 heterocycles. The number of ether oxygens (including phenoxy) is 1. The summed E-state index contributed by atoms with van der Waals surface area (Å²) < 4.78 is 5.12. The van der Waals surface area contributed by atoms with E-state index in [0.717, 1.165) is 18.8 Å². The smallest absolute Gasteiger partial charge is 0.168 e. The minimum atomic E-state index is 0.610. The second-order valence-corrected chi connectivity index (χ2v) is 2.75. The molecule has 4 heteroatoms. The van der Waals surface area contributed by atoms with Gasteiger partial charge < -0.3 is 15.8 Å². The minimum absolute atomic E-state index is 0.610. The van der Waals surface area contributed by atoms with Gasteiger partial charge in [-0.15, -0.1) is 0 Å². The number of hydrogen-bond acceptors (Lipinski definition) is 4. The van der Waals surface area contributed by atoms with Crippen molar-refractivity contribution in [3.05, 3.63) is 12.3 Å². The zero-order chi connectivity index (χ0) is 9.68. The van der Waals surface area contributed by atoms with Crippen LogP contribution in [0.1, 0.15) is 13.3 Å². The summed E-state index contributed by atoms with van der Waals surface area (Å²) in [5, 5.41) is 3.15. The fourth-order valence-electron chi connectivity index (χ4n) is 0.991. The first-order valence-corrected chi connectivity index (χ1v) is 4.31. The molecular formula is C9H15N3O. The highest BCUT2D eigenvalue weighted by molar-refractivity contribution is 5.56. The highest BCUT2D eigenvalue weighted by Crippen LogP contribution is 2.23. The summed E-state index contributed by atoms with van der Waals surface area (Å²) in [6, 6.07) is 1.75. The Hall–Kier alpha value is -1.45. The second-order valence-electron chi connectivity index (χ2n) is 2.75. The number of anilines is 2. The maximum atomic E-state index is 5.56. The van der Waals surface area contributed by atoms with Crippen molar-refractivity contribution in [1.29, 1.82) is 0 Å². The van der Waals surface area contributed by atoms with Gasteiger partial charge in [-0.05, 0) is 6.42 Å². The Kier molecular flexibility index (Phi) is 3.37. The maximum absolute atomic E-state index is 5.56. The molecule has 0 saturated carbocycles. The van der Waals surface area contributed by atoms with E-state index in [1.807, 2.05) is 0 Å². The summed E-state index contributed by atoms with van der Waals surface area (Å²) in [5.41, 5.74) is 6.17. The van der Waals surface area contributed by atoms with Crippen LogP contribution in [0.25, 0.3) is 0 Å². The molecular weight excluding hydrogens is 166 g/mol. The molecule has 0 fully saturated rings. The average Bonchev–Trinajstić information content (AvgIpc) is 2.16. The number of nitrogens with zero attached hydrogens (tertiary/aromatic N) is 1. The quantitative estimate of drug-likeness (QED) is 0.738. The number of nitrogens with two attached hydrogens (primary N) is 1. The lowest BCUT2D eigenvalue weighted by Crippen LogP contribution is -2.04. The van der Waals surface area contributed by atoms with Crippen LogP contribution in [-0.4, -0.2) is 18.6 Å². The molecule has 1 rings (SSSR count). The lowest BCUT2D eigenvalue weighted by Gasteiger charge is -2.09. The van der Waals surface area contributed by atoms with Crippen molar-refractivity contribution in [3.8, 4) is 5.75 Å². The van der Waals surface area contributed by atoms with Crippen LogP contribution in [0.2, 0.25) is 0 Å². The summed E-state index contributed by atoms with van der Waals surface area (Å²) in [5.74, 6) is 1.44. The van der Waals surface area contributed by atoms with Crippen LogP contribution in [0.3, 0.4) is 0 Å². The van der Waals surface area contributed by atoms with Crippen LogP contribution in [0.4, 0.5) is 11.5 Å². The summed E-state index contributed by atoms with van der Waals surface area (Å²) in [7, 11) is 1.60. The molecule has 3 N–H and O–H groups in total. The van der Waals surface area contributed by atoms with Crippen LogP contribution >= 0.6 is 0 Å². The van der Waals surface area contributed by atoms with Crippen molar-refractivity contribution in [3.63, 3.8) is 0 Å². The normalized spacial score (nSPS) is 9.69. The fourth-order valence-corrected chi connectivity index (χ4v) is 0.991. The molecule has 0 bridgehead atoms. The van der Waals surface area contributed by atoms with Gasteiger partial charge in [0.25, 0.3) is 0 Å². The van der Waals surface area contributed by atoms with E-state index in [1.54, 1.807) is 19.4 Å². The van der Waals surface area contributed by atoms with Gasteiger partial charge in [-0.2, -0.15) is 0 Å². The van der Waals surface area contributed by atoms with Crippen LogP contribution in [-0.2, 0) is 0 Å². The molecule has 13 heavy (non-hydrogen) atoms. The van der Waals surface area contributed by atoms with Gasteiger partial charge >= 0.3 is 0 Å². The van der Waals surface area contributed by atoms with Crippen LogP contribution in [0, 0.1) is 0 Å². The molecule has 0 aliphatic rings. The standard InChI is InChI=1S/C9H15N3O/c1-3-4-11-9-8(13-2)5-7(10)6-12-9/h5-6H,3-4,10H2,1-2H3,(H,11,12). The van der Waals surface area contributed by atoms with Crippen molar-refractivity contribution in [2.24, 2.45) is 0 Å². The Bertz CT molecular complexity index is 276. The number of methoxy groups -OCH3 is 1. The van der Waals surface area contributed by atoms with E-state index in [1.165, 1.54) is 0 Å². The first kappa shape index (κ1) is 9.64. The molecule has 0 aromatic carbocycles. The first-order chi connectivity index (χ1) is 6.27. The van der Waals surface area contributed by atoms with Crippen LogP contribution in [0.5, 0.6) is 5.75 Å². The highest BCUT2D eigenvalue weighted by atomic mass is 16.5. The summed E-state index contributed by atoms with van der Waals surface area (Å²) in [6.45, 7) is 2.98. The van der Waals surface area contributed by atoms with Crippen LogP contribution < -0.4 is 15.8 Å². The van der Waals surface area contributed by atoms with Crippen molar-refractivity contribution >= 4 is 11.5 Å². The topological polar surface area (TPSA) is 60.2 Å². The molecule has 0 atom stereocenters. The van der Waals surface area contributed by atoms with Crippen molar-refractivity contribution in [2.45, 2.75) is 13.3 Å². The van der Waals surface area contributed by atoms with Gasteiger partial charge in [-0.3, -0.25) is 0 Å². The van der Waals surface area contributed by atoms with E-state index in [0.29, 0.717) is 11.4 Å². The molecule has 1 aromatic rings. The molecule has 0 aliphatic heterocycles. The molecule has 0 amide bonds. The minimum Gasteiger partial charge on any atom is -0.493 e. The summed E-state index contributed by atoms with van der Waals surface area (Å²) in [6.07, 6.45) is 2.66. The first-order valence-electron chi connectivity index (χ1n) is 4.31. The van der Waals surface area contributed by atoms with Gasteiger partial charge in [0, 0.05) is 12.6 Å². The molecule has 0 saturated heterocycles. The lowest BCUT2D eigenvalue weighted by molar-refractivity contribution is 0.415. The zero-order valence-corrected chi connectivity index (χ0v) is 8.00. The van der Waals surface area contributed by atoms with Gasteiger partial charge in [0.1, 0.15) is 0 Å². The SMILES string of the molecule is CCCNc1ncc(N)cc1OC. The van der Waals surface area contributed by atoms with E-state index < -0.39 is 0 Å². The van der Waals surface area contributed by atoms with E-state index in [4.69, 9.17) is 10.5 Å². The predicted molar refractivity (Wildman–Crippen MR) is 54.0 cm³/mol. The maximum Gasteiger partial charge on any atom is 0.168 e. The predicted octanol–water partition coefficient (Wildman–Crippen LogP) is 1.49. The molecule has 0 unspecified atom stereocenters. The Morgan fingerprint density at radius 2 is 2.38 bits per heavy atom. The number of nitrogens with one attached hydrogen (secondary N) is 1. The van der Waals surface area contributed by atoms with E-state index >= 15 is 0 Å². The van der Waals surface area contributed by atoms with Crippen molar-refractivity contribution in [2.75, 3.05) is 24.7 Å². The monoisotopic (exact) mass is 181 g/mol. The second kappa shape index (κ2) is 4.54. The molecule has 4 nitrogen and oxygen atoms in total. The number of hydrogen-bond donors (Lipinski definition) is 2. The number of aromatic nitrogens is 1. The molecule has 72 valence electrons.